The van der Waals surface area contributed by atoms with Gasteiger partial charge >= 0.3 is 6.61 Å². The van der Waals surface area contributed by atoms with Gasteiger partial charge in [-0.25, -0.2) is 4.39 Å². The van der Waals surface area contributed by atoms with Crippen molar-refractivity contribution < 1.29 is 17.9 Å². The second-order valence-corrected chi connectivity index (χ2v) is 6.58. The molecule has 0 saturated heterocycles. The third-order valence-corrected chi connectivity index (χ3v) is 4.48. The van der Waals surface area contributed by atoms with E-state index in [1.165, 1.54) is 22.9 Å². The van der Waals surface area contributed by atoms with Gasteiger partial charge in [0, 0.05) is 15.7 Å². The van der Waals surface area contributed by atoms with E-state index in [4.69, 9.17) is 0 Å². The van der Waals surface area contributed by atoms with Crippen LogP contribution >= 0.6 is 15.9 Å². The van der Waals surface area contributed by atoms with Gasteiger partial charge in [0.15, 0.2) is 0 Å². The number of hydrogen-bond donors (Lipinski definition) is 1. The summed E-state index contributed by atoms with van der Waals surface area (Å²) in [6.07, 6.45) is 1.76. The quantitative estimate of drug-likeness (QED) is 0.661. The van der Waals surface area contributed by atoms with E-state index in [2.05, 4.69) is 41.5 Å². The summed E-state index contributed by atoms with van der Waals surface area (Å²) in [7, 11) is 0. The monoisotopic (exact) mass is 437 g/mol. The molecule has 10 heteroatoms. The molecule has 2 aromatic carbocycles. The number of alkyl halides is 2. The molecule has 3 aromatic rings. The highest BCUT2D eigenvalue weighted by molar-refractivity contribution is 9.10. The van der Waals surface area contributed by atoms with E-state index in [1.54, 1.807) is 30.3 Å². The minimum Gasteiger partial charge on any atom is -0.434 e. The average molecular weight is 438 g/mol. The fourth-order valence-corrected chi connectivity index (χ4v) is 3.21. The summed E-state index contributed by atoms with van der Waals surface area (Å²) in [5.41, 5.74) is 1.76. The van der Waals surface area contributed by atoms with Crippen molar-refractivity contribution in [2.75, 3.05) is 5.32 Å². The molecule has 2 heterocycles. The first-order valence-electron chi connectivity index (χ1n) is 7.78. The van der Waals surface area contributed by atoms with Crippen LogP contribution < -0.4 is 10.1 Å². The van der Waals surface area contributed by atoms with Crippen molar-refractivity contribution in [3.8, 4) is 5.75 Å². The lowest BCUT2D eigenvalue weighted by Gasteiger charge is -2.25. The highest BCUT2D eigenvalue weighted by atomic mass is 79.9. The van der Waals surface area contributed by atoms with Crippen LogP contribution in [0.15, 0.2) is 53.0 Å². The maximum atomic E-state index is 13.2. The lowest BCUT2D eigenvalue weighted by molar-refractivity contribution is -0.0506. The van der Waals surface area contributed by atoms with Crippen LogP contribution in [-0.2, 0) is 0 Å². The molecule has 4 rings (SSSR count). The van der Waals surface area contributed by atoms with Crippen molar-refractivity contribution in [2.24, 2.45) is 0 Å². The number of aromatic nitrogens is 4. The smallest absolute Gasteiger partial charge is 0.387 e. The molecule has 1 atom stereocenters. The lowest BCUT2D eigenvalue weighted by Crippen LogP contribution is -2.21. The number of rotatable bonds is 4. The van der Waals surface area contributed by atoms with Crippen LogP contribution in [0.1, 0.15) is 17.2 Å². The Morgan fingerprint density at radius 2 is 1.93 bits per heavy atom. The maximum Gasteiger partial charge on any atom is 0.387 e. The fraction of sp³-hybridized carbons (Fsp3) is 0.118. The van der Waals surface area contributed by atoms with Crippen molar-refractivity contribution in [3.63, 3.8) is 0 Å². The molecule has 1 aliphatic heterocycles. The SMILES string of the molecule is Fc1ccc(C2=CC(c3cc(Br)ccc3OC(F)F)n3nnnc3N2)cc1. The highest BCUT2D eigenvalue weighted by Gasteiger charge is 2.27. The Kier molecular flexibility index (Phi) is 4.56. The number of fused-ring (bicyclic) bond motifs is 1. The zero-order chi connectivity index (χ0) is 19.0. The molecule has 0 spiro atoms. The Labute approximate surface area is 159 Å². The van der Waals surface area contributed by atoms with Gasteiger partial charge in [0.2, 0.25) is 5.95 Å². The summed E-state index contributed by atoms with van der Waals surface area (Å²) in [6.45, 7) is -2.97. The van der Waals surface area contributed by atoms with Crippen molar-refractivity contribution in [1.29, 1.82) is 0 Å². The van der Waals surface area contributed by atoms with Gasteiger partial charge in [-0.3, -0.25) is 0 Å². The van der Waals surface area contributed by atoms with Crippen LogP contribution in [0, 0.1) is 5.82 Å². The topological polar surface area (TPSA) is 64.9 Å². The molecule has 0 fully saturated rings. The van der Waals surface area contributed by atoms with Gasteiger partial charge in [-0.2, -0.15) is 13.5 Å². The Morgan fingerprint density at radius 3 is 2.67 bits per heavy atom. The lowest BCUT2D eigenvalue weighted by atomic mass is 10.0. The molecular formula is C17H11BrF3N5O. The summed E-state index contributed by atoms with van der Waals surface area (Å²) in [5.74, 6) is -0.0304. The van der Waals surface area contributed by atoms with Crippen molar-refractivity contribution >= 4 is 27.6 Å². The van der Waals surface area contributed by atoms with Gasteiger partial charge in [0.05, 0.1) is 0 Å². The van der Waals surface area contributed by atoms with Gasteiger partial charge in [0.1, 0.15) is 17.6 Å². The first-order valence-corrected chi connectivity index (χ1v) is 8.57. The zero-order valence-electron chi connectivity index (χ0n) is 13.5. The molecular weight excluding hydrogens is 427 g/mol. The minimum atomic E-state index is -2.97. The fourth-order valence-electron chi connectivity index (χ4n) is 2.83. The van der Waals surface area contributed by atoms with E-state index >= 15 is 0 Å². The first-order chi connectivity index (χ1) is 13.0. The van der Waals surface area contributed by atoms with Gasteiger partial charge in [-0.15, -0.1) is 0 Å². The Hall–Kier alpha value is -2.88. The Bertz CT molecular complexity index is 1010. The van der Waals surface area contributed by atoms with Crippen LogP contribution in [0.5, 0.6) is 5.75 Å². The van der Waals surface area contributed by atoms with Crippen LogP contribution in [0.3, 0.4) is 0 Å². The molecule has 1 aromatic heterocycles. The maximum absolute atomic E-state index is 13.2. The second-order valence-electron chi connectivity index (χ2n) is 5.66. The number of ether oxygens (including phenoxy) is 1. The predicted octanol–water partition coefficient (Wildman–Crippen LogP) is 4.23. The van der Waals surface area contributed by atoms with E-state index in [1.807, 2.05) is 0 Å². The van der Waals surface area contributed by atoms with Crippen LogP contribution in [0.4, 0.5) is 19.1 Å². The number of nitrogens with zero attached hydrogens (tertiary/aromatic N) is 4. The normalized spacial score (nSPS) is 15.9. The number of benzene rings is 2. The molecule has 1 unspecified atom stereocenters. The molecule has 138 valence electrons. The van der Waals surface area contributed by atoms with Crippen LogP contribution in [0.25, 0.3) is 5.70 Å². The Morgan fingerprint density at radius 1 is 1.15 bits per heavy atom. The van der Waals surface area contributed by atoms with Gasteiger partial charge in [-0.05, 0) is 64.5 Å². The second kappa shape index (κ2) is 7.03. The number of hydrogen-bond acceptors (Lipinski definition) is 5. The number of tetrazole rings is 1. The molecule has 6 nitrogen and oxygen atoms in total. The number of anilines is 1. The van der Waals surface area contributed by atoms with Crippen LogP contribution in [-0.4, -0.2) is 26.8 Å². The molecule has 27 heavy (non-hydrogen) atoms. The van der Waals surface area contributed by atoms with Crippen molar-refractivity contribution in [3.05, 3.63) is 70.0 Å². The standard InChI is InChI=1S/C17H11BrF3N5O/c18-10-3-6-15(27-16(20)21)12(7-10)14-8-13(9-1-4-11(19)5-2-9)22-17-23-24-25-26(14)17/h1-8,14,16H,(H,22,23,25). The number of halogens is 4. The summed E-state index contributed by atoms with van der Waals surface area (Å²) in [6, 6.07) is 9.96. The minimum absolute atomic E-state index is 0.0104. The van der Waals surface area contributed by atoms with Crippen molar-refractivity contribution in [1.82, 2.24) is 20.2 Å². The van der Waals surface area contributed by atoms with E-state index in [-0.39, 0.29) is 11.6 Å². The summed E-state index contributed by atoms with van der Waals surface area (Å²) in [5, 5.41) is 14.5. The van der Waals surface area contributed by atoms with E-state index in [9.17, 15) is 13.2 Å². The van der Waals surface area contributed by atoms with Crippen molar-refractivity contribution in [2.45, 2.75) is 12.7 Å². The van der Waals surface area contributed by atoms with E-state index in [0.717, 1.165) is 0 Å². The first kappa shape index (κ1) is 17.5. The molecule has 0 aliphatic carbocycles. The molecule has 0 bridgehead atoms. The summed E-state index contributed by atoms with van der Waals surface area (Å²) in [4.78, 5) is 0. The molecule has 0 amide bonds. The highest BCUT2D eigenvalue weighted by Crippen LogP contribution is 2.37. The number of nitrogens with one attached hydrogen (secondary N) is 1. The van der Waals surface area contributed by atoms with E-state index < -0.39 is 12.7 Å². The Balaban J connectivity index is 1.83. The zero-order valence-corrected chi connectivity index (χ0v) is 15.1. The molecule has 1 aliphatic rings. The largest absolute Gasteiger partial charge is 0.434 e. The predicted molar refractivity (Wildman–Crippen MR) is 94.7 cm³/mol. The van der Waals surface area contributed by atoms with Gasteiger partial charge < -0.3 is 10.1 Å². The third-order valence-electron chi connectivity index (χ3n) is 3.99. The van der Waals surface area contributed by atoms with Gasteiger partial charge in [-0.1, -0.05) is 21.0 Å². The molecule has 0 radical (unpaired) electrons. The summed E-state index contributed by atoms with van der Waals surface area (Å²) >= 11 is 3.35. The number of allylic oxidation sites excluding steroid dienone is 1. The molecule has 0 saturated carbocycles. The van der Waals surface area contributed by atoms with Crippen LogP contribution in [0.2, 0.25) is 0 Å². The third kappa shape index (κ3) is 3.52. The average Bonchev–Trinajstić information content (AvgIpc) is 3.11. The molecule has 1 N–H and O–H groups in total. The summed E-state index contributed by atoms with van der Waals surface area (Å²) < 4.78 is 45.7. The van der Waals surface area contributed by atoms with Gasteiger partial charge in [0.25, 0.3) is 0 Å². The van der Waals surface area contributed by atoms with E-state index in [0.29, 0.717) is 27.2 Å².